The molecule has 0 spiro atoms. The highest BCUT2D eigenvalue weighted by Gasteiger charge is 2.25. The largest absolute Gasteiger partial charge is 0.368 e. The van der Waals surface area contributed by atoms with Crippen molar-refractivity contribution in [3.05, 3.63) is 35.9 Å². The number of fused-ring (bicyclic) bond motifs is 3. The Bertz CT molecular complexity index is 367. The first-order valence-corrected chi connectivity index (χ1v) is 5.47. The molecule has 0 N–H and O–H groups in total. The summed E-state index contributed by atoms with van der Waals surface area (Å²) in [5.41, 5.74) is 2.82. The summed E-state index contributed by atoms with van der Waals surface area (Å²) in [6, 6.07) is 9.50. The standard InChI is InChI=1S/C13H15N/c1-2-9-13-11(5-1)6-3-7-12-8-4-10-14(12)13/h1-3,5-6,9,12H,4,7-8,10H2/t12-/m1/s1. The molecule has 1 heteroatoms. The average molecular weight is 185 g/mol. The Labute approximate surface area is 85.0 Å². The minimum atomic E-state index is 0.759. The quantitative estimate of drug-likeness (QED) is 0.600. The lowest BCUT2D eigenvalue weighted by atomic mass is 10.1. The van der Waals surface area contributed by atoms with Crippen LogP contribution in [0.2, 0.25) is 0 Å². The van der Waals surface area contributed by atoms with Crippen LogP contribution in [0.5, 0.6) is 0 Å². The van der Waals surface area contributed by atoms with Crippen LogP contribution in [0.15, 0.2) is 30.3 Å². The Balaban J connectivity index is 2.10. The van der Waals surface area contributed by atoms with Gasteiger partial charge in [0.05, 0.1) is 0 Å². The average Bonchev–Trinajstić information content (AvgIpc) is 2.61. The summed E-state index contributed by atoms with van der Waals surface area (Å²) in [4.78, 5) is 2.58. The van der Waals surface area contributed by atoms with Gasteiger partial charge in [0.15, 0.2) is 0 Å². The van der Waals surface area contributed by atoms with Crippen molar-refractivity contribution in [3.8, 4) is 0 Å². The molecule has 1 aromatic carbocycles. The maximum Gasteiger partial charge on any atom is 0.0442 e. The van der Waals surface area contributed by atoms with Crippen molar-refractivity contribution in [3.63, 3.8) is 0 Å². The molecule has 1 fully saturated rings. The Morgan fingerprint density at radius 2 is 2.14 bits per heavy atom. The highest BCUT2D eigenvalue weighted by atomic mass is 15.2. The van der Waals surface area contributed by atoms with E-state index in [1.54, 1.807) is 0 Å². The summed E-state index contributed by atoms with van der Waals surface area (Å²) in [6.07, 6.45) is 8.53. The molecule has 0 bridgehead atoms. The molecule has 0 amide bonds. The van der Waals surface area contributed by atoms with Gasteiger partial charge >= 0.3 is 0 Å². The van der Waals surface area contributed by atoms with E-state index in [4.69, 9.17) is 0 Å². The van der Waals surface area contributed by atoms with E-state index in [0.29, 0.717) is 0 Å². The van der Waals surface area contributed by atoms with Gasteiger partial charge in [0.25, 0.3) is 0 Å². The molecule has 0 unspecified atom stereocenters. The second-order valence-electron chi connectivity index (χ2n) is 4.19. The fraction of sp³-hybridized carbons (Fsp3) is 0.385. The maximum absolute atomic E-state index is 2.58. The van der Waals surface area contributed by atoms with E-state index in [9.17, 15) is 0 Å². The van der Waals surface area contributed by atoms with Crippen LogP contribution in [0.3, 0.4) is 0 Å². The highest BCUT2D eigenvalue weighted by Crippen LogP contribution is 2.33. The molecule has 1 atom stereocenters. The molecule has 2 heterocycles. The zero-order valence-corrected chi connectivity index (χ0v) is 8.32. The molecule has 0 radical (unpaired) electrons. The topological polar surface area (TPSA) is 3.24 Å². The van der Waals surface area contributed by atoms with Gasteiger partial charge in [0.2, 0.25) is 0 Å². The number of para-hydroxylation sites is 1. The van der Waals surface area contributed by atoms with Crippen LogP contribution in [-0.2, 0) is 0 Å². The van der Waals surface area contributed by atoms with Crippen molar-refractivity contribution in [1.82, 2.24) is 0 Å². The van der Waals surface area contributed by atoms with E-state index in [0.717, 1.165) is 6.04 Å². The molecule has 1 saturated heterocycles. The molecule has 0 aliphatic carbocycles. The summed E-state index contributed by atoms with van der Waals surface area (Å²) in [5.74, 6) is 0. The van der Waals surface area contributed by atoms with Gasteiger partial charge in [-0.3, -0.25) is 0 Å². The second kappa shape index (κ2) is 3.16. The SMILES string of the molecule is C1=Cc2ccccc2N2CCC[C@H]2C1. The summed E-state index contributed by atoms with van der Waals surface area (Å²) < 4.78 is 0. The van der Waals surface area contributed by atoms with Gasteiger partial charge in [0, 0.05) is 18.3 Å². The number of rotatable bonds is 0. The minimum Gasteiger partial charge on any atom is -0.368 e. The summed E-state index contributed by atoms with van der Waals surface area (Å²) in [5, 5.41) is 0. The Morgan fingerprint density at radius 1 is 1.21 bits per heavy atom. The predicted octanol–water partition coefficient (Wildman–Crippen LogP) is 3.07. The maximum atomic E-state index is 2.58. The molecular weight excluding hydrogens is 170 g/mol. The lowest BCUT2D eigenvalue weighted by Crippen LogP contribution is -2.28. The molecular formula is C13H15N. The summed E-state index contributed by atoms with van der Waals surface area (Å²) >= 11 is 0. The van der Waals surface area contributed by atoms with Crippen LogP contribution in [0.25, 0.3) is 6.08 Å². The molecule has 72 valence electrons. The van der Waals surface area contributed by atoms with Crippen molar-refractivity contribution in [1.29, 1.82) is 0 Å². The van der Waals surface area contributed by atoms with E-state index in [1.165, 1.54) is 37.1 Å². The normalized spacial score (nSPS) is 24.3. The van der Waals surface area contributed by atoms with Gasteiger partial charge in [-0.2, -0.15) is 0 Å². The number of benzene rings is 1. The number of anilines is 1. The molecule has 1 nitrogen and oxygen atoms in total. The van der Waals surface area contributed by atoms with Crippen LogP contribution < -0.4 is 4.90 Å². The summed E-state index contributed by atoms with van der Waals surface area (Å²) in [6.45, 7) is 1.24. The zero-order valence-electron chi connectivity index (χ0n) is 8.32. The molecule has 14 heavy (non-hydrogen) atoms. The Hall–Kier alpha value is -1.24. The highest BCUT2D eigenvalue weighted by molar-refractivity contribution is 5.69. The van der Waals surface area contributed by atoms with Crippen LogP contribution in [0, 0.1) is 0 Å². The zero-order chi connectivity index (χ0) is 9.38. The fourth-order valence-electron chi connectivity index (χ4n) is 2.64. The first-order valence-electron chi connectivity index (χ1n) is 5.47. The van der Waals surface area contributed by atoms with Gasteiger partial charge in [-0.25, -0.2) is 0 Å². The molecule has 2 aliphatic heterocycles. The van der Waals surface area contributed by atoms with Gasteiger partial charge in [-0.15, -0.1) is 0 Å². The minimum absolute atomic E-state index is 0.759. The van der Waals surface area contributed by atoms with E-state index >= 15 is 0 Å². The lowest BCUT2D eigenvalue weighted by molar-refractivity contribution is 0.681. The van der Waals surface area contributed by atoms with Gasteiger partial charge in [-0.1, -0.05) is 30.4 Å². The smallest absolute Gasteiger partial charge is 0.0442 e. The third-order valence-corrected chi connectivity index (χ3v) is 3.33. The first kappa shape index (κ1) is 8.10. The van der Waals surface area contributed by atoms with Gasteiger partial charge in [-0.05, 0) is 30.9 Å². The lowest BCUT2D eigenvalue weighted by Gasteiger charge is -2.25. The second-order valence-corrected chi connectivity index (χ2v) is 4.19. The van der Waals surface area contributed by atoms with Crippen molar-refractivity contribution in [2.75, 3.05) is 11.4 Å². The van der Waals surface area contributed by atoms with E-state index < -0.39 is 0 Å². The Kier molecular flexibility index (Phi) is 1.83. The monoisotopic (exact) mass is 185 g/mol. The third-order valence-electron chi connectivity index (χ3n) is 3.33. The molecule has 2 aliphatic rings. The number of hydrogen-bond donors (Lipinski definition) is 0. The van der Waals surface area contributed by atoms with Crippen LogP contribution >= 0.6 is 0 Å². The van der Waals surface area contributed by atoms with Gasteiger partial charge in [0.1, 0.15) is 0 Å². The van der Waals surface area contributed by atoms with Crippen LogP contribution in [-0.4, -0.2) is 12.6 Å². The number of hydrogen-bond acceptors (Lipinski definition) is 1. The van der Waals surface area contributed by atoms with E-state index in [2.05, 4.69) is 41.3 Å². The summed E-state index contributed by atoms with van der Waals surface area (Å²) in [7, 11) is 0. The number of nitrogens with zero attached hydrogens (tertiary/aromatic N) is 1. The van der Waals surface area contributed by atoms with Crippen molar-refractivity contribution in [2.24, 2.45) is 0 Å². The fourth-order valence-corrected chi connectivity index (χ4v) is 2.64. The van der Waals surface area contributed by atoms with Crippen LogP contribution in [0.4, 0.5) is 5.69 Å². The van der Waals surface area contributed by atoms with Crippen molar-refractivity contribution in [2.45, 2.75) is 25.3 Å². The van der Waals surface area contributed by atoms with Crippen molar-refractivity contribution >= 4 is 11.8 Å². The predicted molar refractivity (Wildman–Crippen MR) is 60.5 cm³/mol. The third kappa shape index (κ3) is 1.16. The Morgan fingerprint density at radius 3 is 3.14 bits per heavy atom. The van der Waals surface area contributed by atoms with Gasteiger partial charge < -0.3 is 4.90 Å². The van der Waals surface area contributed by atoms with E-state index in [1.807, 2.05) is 0 Å². The first-order chi connectivity index (χ1) is 6.95. The van der Waals surface area contributed by atoms with Crippen molar-refractivity contribution < 1.29 is 0 Å². The molecule has 0 saturated carbocycles. The molecule has 1 aromatic rings. The molecule has 3 rings (SSSR count). The molecule has 0 aromatic heterocycles. The van der Waals surface area contributed by atoms with Crippen LogP contribution in [0.1, 0.15) is 24.8 Å². The van der Waals surface area contributed by atoms with E-state index in [-0.39, 0.29) is 0 Å².